The van der Waals surface area contributed by atoms with Crippen molar-refractivity contribution < 1.29 is 22.5 Å². The largest absolute Gasteiger partial charge is 0.416 e. The number of carbonyl (C=O) groups is 1. The maximum absolute atomic E-state index is 12.9. The third-order valence-corrected chi connectivity index (χ3v) is 5.11. The molecule has 2 aromatic rings. The van der Waals surface area contributed by atoms with Gasteiger partial charge in [-0.2, -0.15) is 13.2 Å². The van der Waals surface area contributed by atoms with Crippen LogP contribution in [-0.4, -0.2) is 35.1 Å². The normalized spacial score (nSPS) is 13.2. The molecule has 2 rings (SSSR count). The van der Waals surface area contributed by atoms with Crippen LogP contribution in [0.25, 0.3) is 11.3 Å². The van der Waals surface area contributed by atoms with Gasteiger partial charge >= 0.3 is 6.18 Å². The Kier molecular flexibility index (Phi) is 7.46. The first-order valence-electron chi connectivity index (χ1n) is 9.77. The van der Waals surface area contributed by atoms with Gasteiger partial charge in [-0.3, -0.25) is 9.69 Å². The fourth-order valence-corrected chi connectivity index (χ4v) is 2.78. The average Bonchev–Trinajstić information content (AvgIpc) is 3.08. The zero-order valence-corrected chi connectivity index (χ0v) is 17.4. The highest BCUT2D eigenvalue weighted by atomic mass is 19.4. The van der Waals surface area contributed by atoms with Gasteiger partial charge in [-0.25, -0.2) is 0 Å². The average molecular weight is 411 g/mol. The van der Waals surface area contributed by atoms with Gasteiger partial charge in [-0.15, -0.1) is 0 Å². The van der Waals surface area contributed by atoms with Crippen LogP contribution >= 0.6 is 0 Å². The summed E-state index contributed by atoms with van der Waals surface area (Å²) in [7, 11) is 0. The summed E-state index contributed by atoms with van der Waals surface area (Å²) in [5.41, 5.74) is 0.444. The van der Waals surface area contributed by atoms with Crippen molar-refractivity contribution >= 4 is 5.91 Å². The number of carbonyl (C=O) groups excluding carboxylic acids is 1. The maximum atomic E-state index is 12.9. The molecule has 8 heteroatoms. The summed E-state index contributed by atoms with van der Waals surface area (Å²) >= 11 is 0. The van der Waals surface area contributed by atoms with Gasteiger partial charge in [0, 0.05) is 23.7 Å². The van der Waals surface area contributed by atoms with Crippen LogP contribution in [0.1, 0.15) is 56.2 Å². The molecule has 0 saturated heterocycles. The molecule has 160 valence electrons. The van der Waals surface area contributed by atoms with Crippen LogP contribution in [0.15, 0.2) is 28.8 Å². The molecule has 1 unspecified atom stereocenters. The first-order valence-corrected chi connectivity index (χ1v) is 9.77. The highest BCUT2D eigenvalue weighted by Gasteiger charge is 2.31. The number of alkyl halides is 3. The van der Waals surface area contributed by atoms with Crippen LogP contribution in [-0.2, 0) is 12.7 Å². The molecule has 0 fully saturated rings. The van der Waals surface area contributed by atoms with Crippen molar-refractivity contribution in [3.8, 4) is 11.3 Å². The summed E-state index contributed by atoms with van der Waals surface area (Å²) in [6.45, 7) is 11.8. The summed E-state index contributed by atoms with van der Waals surface area (Å²) in [4.78, 5) is 14.9. The quantitative estimate of drug-likeness (QED) is 0.666. The minimum atomic E-state index is -4.41. The highest BCUT2D eigenvalue weighted by molar-refractivity contribution is 5.95. The molecule has 1 atom stereocenters. The van der Waals surface area contributed by atoms with E-state index in [4.69, 9.17) is 4.52 Å². The van der Waals surface area contributed by atoms with Gasteiger partial charge < -0.3 is 9.84 Å². The number of rotatable bonds is 8. The minimum absolute atomic E-state index is 0.0602. The van der Waals surface area contributed by atoms with Crippen molar-refractivity contribution in [1.29, 1.82) is 0 Å². The fourth-order valence-electron chi connectivity index (χ4n) is 2.78. The van der Waals surface area contributed by atoms with Gasteiger partial charge in [0.2, 0.25) is 0 Å². The summed E-state index contributed by atoms with van der Waals surface area (Å²) < 4.78 is 44.0. The number of halogens is 3. The van der Waals surface area contributed by atoms with Gasteiger partial charge in [-0.05, 0) is 38.1 Å². The van der Waals surface area contributed by atoms with E-state index < -0.39 is 11.7 Å². The van der Waals surface area contributed by atoms with Gasteiger partial charge in [0.25, 0.3) is 5.91 Å². The molecule has 29 heavy (non-hydrogen) atoms. The van der Waals surface area contributed by atoms with Crippen LogP contribution in [0.2, 0.25) is 0 Å². The molecule has 1 N–H and O–H groups in total. The predicted octanol–water partition coefficient (Wildman–Crippen LogP) is 4.98. The van der Waals surface area contributed by atoms with Crippen LogP contribution in [0, 0.1) is 5.92 Å². The minimum Gasteiger partial charge on any atom is -0.355 e. The highest BCUT2D eigenvalue weighted by Crippen LogP contribution is 2.33. The van der Waals surface area contributed by atoms with Crippen LogP contribution < -0.4 is 5.32 Å². The Bertz CT molecular complexity index is 810. The molecule has 1 aromatic carbocycles. The van der Waals surface area contributed by atoms with Crippen molar-refractivity contribution in [1.82, 2.24) is 15.4 Å². The maximum Gasteiger partial charge on any atom is 0.416 e. The summed E-state index contributed by atoms with van der Waals surface area (Å²) in [5, 5.41) is 6.87. The zero-order chi connectivity index (χ0) is 21.8. The van der Waals surface area contributed by atoms with Crippen molar-refractivity contribution in [3.05, 3.63) is 41.1 Å². The van der Waals surface area contributed by atoms with E-state index in [1.165, 1.54) is 12.1 Å². The van der Waals surface area contributed by atoms with Crippen molar-refractivity contribution in [2.24, 2.45) is 5.92 Å². The van der Waals surface area contributed by atoms with Crippen LogP contribution in [0.5, 0.6) is 0 Å². The smallest absolute Gasteiger partial charge is 0.355 e. The Morgan fingerprint density at radius 3 is 2.21 bits per heavy atom. The van der Waals surface area contributed by atoms with E-state index >= 15 is 0 Å². The van der Waals surface area contributed by atoms with Crippen molar-refractivity contribution in [2.75, 3.05) is 13.1 Å². The molecule has 5 nitrogen and oxygen atoms in total. The second kappa shape index (κ2) is 9.43. The number of benzene rings is 1. The van der Waals surface area contributed by atoms with E-state index in [-0.39, 0.29) is 23.6 Å². The van der Waals surface area contributed by atoms with Crippen LogP contribution in [0.3, 0.4) is 0 Å². The van der Waals surface area contributed by atoms with Crippen molar-refractivity contribution in [3.63, 3.8) is 0 Å². The summed E-state index contributed by atoms with van der Waals surface area (Å²) in [6, 6.07) is 4.62. The molecule has 0 saturated carbocycles. The number of hydrogen-bond donors (Lipinski definition) is 1. The molecule has 0 bridgehead atoms. The number of aromatic nitrogens is 1. The van der Waals surface area contributed by atoms with E-state index in [1.807, 2.05) is 34.6 Å². The SMILES string of the molecule is CCN(CC)Cc1c(C(=O)NC(C)C(C)C)noc1-c1ccc(C(F)(F)F)cc1. The topological polar surface area (TPSA) is 58.4 Å². The first kappa shape index (κ1) is 22.9. The molecule has 0 radical (unpaired) electrons. The molecule has 0 aliphatic carbocycles. The number of nitrogens with one attached hydrogen (secondary N) is 1. The third kappa shape index (κ3) is 5.59. The van der Waals surface area contributed by atoms with Gasteiger partial charge in [0.05, 0.1) is 5.56 Å². The van der Waals surface area contributed by atoms with Crippen molar-refractivity contribution in [2.45, 2.75) is 53.4 Å². The first-order chi connectivity index (χ1) is 13.6. The second-order valence-corrected chi connectivity index (χ2v) is 7.38. The van der Waals surface area contributed by atoms with Gasteiger partial charge in [0.15, 0.2) is 11.5 Å². The standard InChI is InChI=1S/C21H28F3N3O2/c1-6-27(7-2)12-17-18(20(28)25-14(5)13(3)4)26-29-19(17)15-8-10-16(11-9-15)21(22,23)24/h8-11,13-14H,6-7,12H2,1-5H3,(H,25,28). The predicted molar refractivity (Wildman–Crippen MR) is 105 cm³/mol. The zero-order valence-electron chi connectivity index (χ0n) is 17.4. The molecule has 0 aliphatic heterocycles. The van der Waals surface area contributed by atoms with E-state index in [0.717, 1.165) is 25.2 Å². The molecule has 0 aliphatic rings. The van der Waals surface area contributed by atoms with E-state index in [0.29, 0.717) is 23.4 Å². The lowest BCUT2D eigenvalue weighted by Gasteiger charge is -2.19. The lowest BCUT2D eigenvalue weighted by atomic mass is 10.0. The third-order valence-electron chi connectivity index (χ3n) is 5.11. The Labute approximate surface area is 169 Å². The molecular formula is C21H28F3N3O2. The lowest BCUT2D eigenvalue weighted by Crippen LogP contribution is -2.37. The monoisotopic (exact) mass is 411 g/mol. The Morgan fingerprint density at radius 1 is 1.14 bits per heavy atom. The number of nitrogens with zero attached hydrogens (tertiary/aromatic N) is 2. The fraction of sp³-hybridized carbons (Fsp3) is 0.524. The van der Waals surface area contributed by atoms with E-state index in [2.05, 4.69) is 15.4 Å². The molecular weight excluding hydrogens is 383 g/mol. The second-order valence-electron chi connectivity index (χ2n) is 7.38. The summed E-state index contributed by atoms with van der Waals surface area (Å²) in [5.74, 6) is 0.203. The Hall–Kier alpha value is -2.35. The molecule has 1 heterocycles. The Morgan fingerprint density at radius 2 is 1.72 bits per heavy atom. The molecule has 1 aromatic heterocycles. The molecule has 1 amide bonds. The number of hydrogen-bond acceptors (Lipinski definition) is 4. The Balaban J connectivity index is 2.44. The van der Waals surface area contributed by atoms with E-state index in [1.54, 1.807) is 0 Å². The van der Waals surface area contributed by atoms with Gasteiger partial charge in [0.1, 0.15) is 0 Å². The summed E-state index contributed by atoms with van der Waals surface area (Å²) in [6.07, 6.45) is -4.41. The molecule has 0 spiro atoms. The number of amides is 1. The van der Waals surface area contributed by atoms with Crippen LogP contribution in [0.4, 0.5) is 13.2 Å². The van der Waals surface area contributed by atoms with E-state index in [9.17, 15) is 18.0 Å². The van der Waals surface area contributed by atoms with Gasteiger partial charge in [-0.1, -0.05) is 45.0 Å². The lowest BCUT2D eigenvalue weighted by molar-refractivity contribution is -0.137.